The van der Waals surface area contributed by atoms with E-state index < -0.39 is 0 Å². The van der Waals surface area contributed by atoms with Crippen LogP contribution < -0.4 is 5.32 Å². The quantitative estimate of drug-likeness (QED) is 0.381. The van der Waals surface area contributed by atoms with Gasteiger partial charge in [0.15, 0.2) is 0 Å². The number of carbonyl (C=O) groups is 1. The maximum atomic E-state index is 11.4. The Kier molecular flexibility index (Phi) is 7.01. The molecule has 0 saturated carbocycles. The molecule has 0 amide bonds. The third-order valence-corrected chi connectivity index (χ3v) is 8.26. The zero-order valence-electron chi connectivity index (χ0n) is 20.3. The van der Waals surface area contributed by atoms with E-state index in [0.717, 1.165) is 66.7 Å². The molecule has 176 valence electrons. The van der Waals surface area contributed by atoms with E-state index >= 15 is 0 Å². The molecule has 0 aromatic carbocycles. The van der Waals surface area contributed by atoms with Crippen LogP contribution in [0.15, 0.2) is 42.4 Å². The molecular formula is C25H35N6OP. The average molecular weight is 467 g/mol. The normalized spacial score (nSPS) is 21.3. The Morgan fingerprint density at radius 1 is 1.33 bits per heavy atom. The Morgan fingerprint density at radius 2 is 2.09 bits per heavy atom. The van der Waals surface area contributed by atoms with E-state index in [1.807, 2.05) is 30.6 Å². The summed E-state index contributed by atoms with van der Waals surface area (Å²) in [5, 5.41) is 9.35. The predicted molar refractivity (Wildman–Crippen MR) is 136 cm³/mol. The van der Waals surface area contributed by atoms with Gasteiger partial charge in [-0.25, -0.2) is 4.52 Å². The number of carbonyl (C=O) groups excluding carboxylic acids is 1. The minimum Gasteiger partial charge on any atom is -0.370 e. The second-order valence-corrected chi connectivity index (χ2v) is 10.7. The number of aromatic nitrogens is 3. The third-order valence-electron chi connectivity index (χ3n) is 6.63. The first-order chi connectivity index (χ1) is 15.8. The fourth-order valence-corrected chi connectivity index (χ4v) is 5.94. The van der Waals surface area contributed by atoms with Crippen molar-refractivity contribution < 1.29 is 4.79 Å². The van der Waals surface area contributed by atoms with Crippen molar-refractivity contribution in [1.29, 1.82) is 0 Å². The maximum absolute atomic E-state index is 11.4. The number of allylic oxidation sites excluding steroid dienone is 2. The summed E-state index contributed by atoms with van der Waals surface area (Å²) >= 11 is 0. The summed E-state index contributed by atoms with van der Waals surface area (Å²) in [5.41, 5.74) is 5.19. The number of nitrogens with zero attached hydrogens (tertiary/aromatic N) is 5. The molecule has 2 aliphatic rings. The molecule has 0 aliphatic carbocycles. The molecule has 2 aromatic heterocycles. The maximum Gasteiger partial charge on any atom is 0.143 e. The van der Waals surface area contributed by atoms with Gasteiger partial charge in [-0.2, -0.15) is 5.10 Å². The van der Waals surface area contributed by atoms with Crippen molar-refractivity contribution in [1.82, 2.24) is 29.7 Å². The van der Waals surface area contributed by atoms with E-state index in [4.69, 9.17) is 5.10 Å². The van der Waals surface area contributed by atoms with Crippen molar-refractivity contribution in [2.24, 2.45) is 0 Å². The Morgan fingerprint density at radius 3 is 2.76 bits per heavy atom. The molecule has 2 unspecified atom stereocenters. The van der Waals surface area contributed by atoms with E-state index in [0.29, 0.717) is 8.58 Å². The van der Waals surface area contributed by atoms with Crippen LogP contribution in [0, 0.1) is 13.8 Å². The number of hydrogen-bond acceptors (Lipinski definition) is 6. The van der Waals surface area contributed by atoms with Gasteiger partial charge >= 0.3 is 0 Å². The summed E-state index contributed by atoms with van der Waals surface area (Å²) in [6.45, 7) is 11.6. The van der Waals surface area contributed by atoms with Gasteiger partial charge in [-0.15, -0.1) is 0 Å². The molecule has 2 aliphatic heterocycles. The molecule has 2 aromatic rings. The second kappa shape index (κ2) is 9.78. The molecule has 33 heavy (non-hydrogen) atoms. The summed E-state index contributed by atoms with van der Waals surface area (Å²) in [6, 6.07) is 2.03. The van der Waals surface area contributed by atoms with Gasteiger partial charge in [-0.3, -0.25) is 9.78 Å². The van der Waals surface area contributed by atoms with Crippen molar-refractivity contribution in [3.63, 3.8) is 0 Å². The van der Waals surface area contributed by atoms with Gasteiger partial charge in [0.05, 0.1) is 40.3 Å². The molecule has 0 radical (unpaired) electrons. The van der Waals surface area contributed by atoms with Gasteiger partial charge in [0.2, 0.25) is 0 Å². The van der Waals surface area contributed by atoms with E-state index in [-0.39, 0.29) is 11.3 Å². The van der Waals surface area contributed by atoms with Gasteiger partial charge in [0.25, 0.3) is 0 Å². The summed E-state index contributed by atoms with van der Waals surface area (Å²) in [4.78, 5) is 20.7. The van der Waals surface area contributed by atoms with Crippen LogP contribution in [0.1, 0.15) is 43.8 Å². The highest BCUT2D eigenvalue weighted by Gasteiger charge is 2.30. The smallest absolute Gasteiger partial charge is 0.143 e. The summed E-state index contributed by atoms with van der Waals surface area (Å²) < 4.78 is 1.87. The van der Waals surface area contributed by atoms with Crippen molar-refractivity contribution in [3.05, 3.63) is 59.5 Å². The number of fused-ring (bicyclic) bond motifs is 1. The van der Waals surface area contributed by atoms with Crippen LogP contribution in [0.4, 0.5) is 0 Å². The molecule has 2 atom stereocenters. The molecule has 8 heteroatoms. The highest BCUT2D eigenvalue weighted by Crippen LogP contribution is 2.40. The van der Waals surface area contributed by atoms with Crippen LogP contribution in [-0.2, 0) is 4.79 Å². The van der Waals surface area contributed by atoms with E-state index in [9.17, 15) is 4.79 Å². The lowest BCUT2D eigenvalue weighted by Crippen LogP contribution is -2.51. The number of nitrogens with one attached hydrogen (secondary N) is 1. The SMILES string of the molecule is CCNC1(C)CCN(C2=CN(C)C(P/C(=C\C=O)c3cc4c(C)nc(C)cn4n3)C=C2)CC1. The topological polar surface area (TPSA) is 65.8 Å². The number of likely N-dealkylation sites (tertiary alicyclic amines) is 1. The highest BCUT2D eigenvalue weighted by molar-refractivity contribution is 7.51. The monoisotopic (exact) mass is 466 g/mol. The van der Waals surface area contributed by atoms with E-state index in [2.05, 4.69) is 59.3 Å². The van der Waals surface area contributed by atoms with Crippen LogP contribution >= 0.6 is 8.58 Å². The van der Waals surface area contributed by atoms with E-state index in [1.165, 1.54) is 5.70 Å². The van der Waals surface area contributed by atoms with E-state index in [1.54, 1.807) is 6.08 Å². The first-order valence-corrected chi connectivity index (χ1v) is 12.8. The van der Waals surface area contributed by atoms with Gasteiger partial charge in [-0.1, -0.05) is 21.6 Å². The Balaban J connectivity index is 1.46. The number of piperidine rings is 1. The zero-order valence-corrected chi connectivity index (χ0v) is 21.3. The fourth-order valence-electron chi connectivity index (χ4n) is 4.71. The molecule has 4 heterocycles. The molecule has 0 bridgehead atoms. The minimum atomic E-state index is 0.197. The van der Waals surface area contributed by atoms with Crippen LogP contribution in [0.3, 0.4) is 0 Å². The third kappa shape index (κ3) is 5.20. The fraction of sp³-hybridized carbons (Fsp3) is 0.480. The number of rotatable bonds is 7. The number of aldehydes is 1. The molecular weight excluding hydrogens is 431 g/mol. The zero-order chi connectivity index (χ0) is 23.6. The first-order valence-electron chi connectivity index (χ1n) is 11.7. The number of hydrogen-bond donors (Lipinski definition) is 1. The lowest BCUT2D eigenvalue weighted by Gasteiger charge is -2.42. The van der Waals surface area contributed by atoms with Crippen molar-refractivity contribution in [2.45, 2.75) is 51.9 Å². The largest absolute Gasteiger partial charge is 0.370 e. The van der Waals surface area contributed by atoms with Gasteiger partial charge in [0.1, 0.15) is 6.29 Å². The summed E-state index contributed by atoms with van der Waals surface area (Å²) in [5.74, 6) is 0.197. The molecule has 1 fully saturated rings. The van der Waals surface area contributed by atoms with Gasteiger partial charge in [-0.05, 0) is 58.4 Å². The second-order valence-electron chi connectivity index (χ2n) is 9.29. The summed E-state index contributed by atoms with van der Waals surface area (Å²) in [6.07, 6.45) is 13.5. The lowest BCUT2D eigenvalue weighted by atomic mass is 9.89. The molecule has 4 rings (SSSR count). The van der Waals surface area contributed by atoms with Crippen molar-refractivity contribution >= 4 is 25.7 Å². The molecule has 0 spiro atoms. The molecule has 1 saturated heterocycles. The predicted octanol–water partition coefficient (Wildman–Crippen LogP) is 3.70. The lowest BCUT2D eigenvalue weighted by molar-refractivity contribution is -0.104. The molecule has 1 N–H and O–H groups in total. The molecule has 7 nitrogen and oxygen atoms in total. The average Bonchev–Trinajstić information content (AvgIpc) is 3.19. The Hall–Kier alpha value is -2.50. The van der Waals surface area contributed by atoms with Crippen molar-refractivity contribution in [2.75, 3.05) is 26.7 Å². The minimum absolute atomic E-state index is 0.197. The Bertz CT molecular complexity index is 1110. The summed E-state index contributed by atoms with van der Waals surface area (Å²) in [7, 11) is 2.52. The van der Waals surface area contributed by atoms with Gasteiger partial charge in [0, 0.05) is 37.2 Å². The van der Waals surface area contributed by atoms with Crippen LogP contribution in [0.5, 0.6) is 0 Å². The highest BCUT2D eigenvalue weighted by atomic mass is 31.1. The number of likely N-dealkylation sites (N-methyl/N-ethyl adjacent to an activating group) is 1. The standard InChI is InChI=1S/C25H35N6OP/c1-6-26-25(4)10-12-30(13-11-25)20-7-8-24(29(5)17-20)33-23(9-14-32)21-15-22-19(3)27-18(2)16-31(22)28-21/h7-9,14-17,24,26,33H,6,10-13H2,1-5H3/b23-9-. The number of aryl methyl sites for hydroxylation is 2. The first kappa shape index (κ1) is 23.7. The Labute approximate surface area is 198 Å². The van der Waals surface area contributed by atoms with Crippen LogP contribution in [0.25, 0.3) is 10.8 Å². The van der Waals surface area contributed by atoms with Crippen LogP contribution in [0.2, 0.25) is 0 Å². The van der Waals surface area contributed by atoms with Crippen LogP contribution in [-0.4, -0.2) is 68.7 Å². The van der Waals surface area contributed by atoms with Crippen molar-refractivity contribution in [3.8, 4) is 0 Å². The van der Waals surface area contributed by atoms with Gasteiger partial charge < -0.3 is 15.1 Å².